The number of aromatic nitrogens is 5. The number of hydrogen-bond donors (Lipinski definition) is 2. The number of nitrogens with zero attached hydrogens (tertiary/aromatic N) is 7. The van der Waals surface area contributed by atoms with E-state index in [1.807, 2.05) is 12.1 Å². The lowest BCUT2D eigenvalue weighted by Crippen LogP contribution is -2.49. The number of hydrogen-bond acceptors (Lipinski definition) is 10. The van der Waals surface area contributed by atoms with Gasteiger partial charge in [-0.25, -0.2) is 9.50 Å². The Morgan fingerprint density at radius 1 is 1.13 bits per heavy atom. The van der Waals surface area contributed by atoms with E-state index in [9.17, 15) is 9.59 Å². The molecular weight excluding hydrogens is 502 g/mol. The van der Waals surface area contributed by atoms with Gasteiger partial charge in [-0.15, -0.1) is 0 Å². The van der Waals surface area contributed by atoms with Gasteiger partial charge in [0.1, 0.15) is 16.9 Å². The third-order valence-corrected chi connectivity index (χ3v) is 6.81. The van der Waals surface area contributed by atoms with E-state index in [-0.39, 0.29) is 29.9 Å². The zero-order valence-corrected chi connectivity index (χ0v) is 22.0. The molecule has 2 aliphatic rings. The van der Waals surface area contributed by atoms with Crippen molar-refractivity contribution in [3.63, 3.8) is 0 Å². The highest BCUT2D eigenvalue weighted by Crippen LogP contribution is 2.42. The highest BCUT2D eigenvalue weighted by molar-refractivity contribution is 6.09. The van der Waals surface area contributed by atoms with Crippen LogP contribution < -0.4 is 20.3 Å². The first-order chi connectivity index (χ1) is 18.7. The summed E-state index contributed by atoms with van der Waals surface area (Å²) < 4.78 is 12.7. The summed E-state index contributed by atoms with van der Waals surface area (Å²) in [6.07, 6.45) is 5.66. The second-order valence-corrected chi connectivity index (χ2v) is 10.4. The largest absolute Gasteiger partial charge is 0.487 e. The minimum Gasteiger partial charge on any atom is -0.487 e. The monoisotopic (exact) mass is 531 g/mol. The number of amides is 2. The lowest BCUT2D eigenvalue weighted by Gasteiger charge is -2.36. The van der Waals surface area contributed by atoms with Crippen molar-refractivity contribution in [2.24, 2.45) is 0 Å². The first-order valence-electron chi connectivity index (χ1n) is 12.8. The topological polar surface area (TPSA) is 143 Å². The quantitative estimate of drug-likeness (QED) is 0.380. The number of benzene rings is 1. The molecule has 3 aromatic heterocycles. The summed E-state index contributed by atoms with van der Waals surface area (Å²) >= 11 is 0. The number of carbonyl (C=O) groups excluding carboxylic acids is 2. The molecule has 0 atom stereocenters. The fourth-order valence-electron chi connectivity index (χ4n) is 5.04. The Morgan fingerprint density at radius 3 is 2.72 bits per heavy atom. The first kappa shape index (κ1) is 24.8. The molecule has 2 aliphatic heterocycles. The molecule has 1 aromatic carbocycles. The number of anilines is 3. The van der Waals surface area contributed by atoms with Crippen molar-refractivity contribution in [1.29, 1.82) is 0 Å². The van der Waals surface area contributed by atoms with Crippen molar-refractivity contribution in [3.05, 3.63) is 53.8 Å². The third-order valence-electron chi connectivity index (χ3n) is 6.81. The average molecular weight is 532 g/mol. The summed E-state index contributed by atoms with van der Waals surface area (Å²) in [6.45, 7) is 8.63. The Labute approximate surface area is 224 Å². The number of piperazine rings is 1. The Bertz CT molecular complexity index is 1550. The van der Waals surface area contributed by atoms with E-state index in [2.05, 4.69) is 54.5 Å². The van der Waals surface area contributed by atoms with Crippen LogP contribution in [-0.4, -0.2) is 79.8 Å². The van der Waals surface area contributed by atoms with Gasteiger partial charge in [0.15, 0.2) is 5.65 Å². The number of fused-ring (bicyclic) bond motifs is 2. The van der Waals surface area contributed by atoms with Crippen LogP contribution in [0.2, 0.25) is 0 Å². The molecule has 1 fully saturated rings. The fraction of sp³-hybridized carbons (Fsp3) is 0.385. The molecular formula is C26H29N9O4. The summed E-state index contributed by atoms with van der Waals surface area (Å²) in [5.74, 6) is 0.894. The van der Waals surface area contributed by atoms with Gasteiger partial charge >= 0.3 is 0 Å². The predicted octanol–water partition coefficient (Wildman–Crippen LogP) is 2.15. The number of aryl methyl sites for hydroxylation is 1. The average Bonchev–Trinajstić information content (AvgIpc) is 3.59. The molecule has 0 unspecified atom stereocenters. The molecule has 202 valence electrons. The Balaban J connectivity index is 1.19. The highest BCUT2D eigenvalue weighted by atomic mass is 16.5. The Hall–Kier alpha value is -4.52. The fourth-order valence-corrected chi connectivity index (χ4v) is 5.04. The van der Waals surface area contributed by atoms with Gasteiger partial charge in [0.2, 0.25) is 11.8 Å². The van der Waals surface area contributed by atoms with Gasteiger partial charge < -0.3 is 19.5 Å². The van der Waals surface area contributed by atoms with Crippen molar-refractivity contribution < 1.29 is 18.8 Å². The van der Waals surface area contributed by atoms with Crippen LogP contribution in [0, 0.1) is 6.92 Å². The molecule has 39 heavy (non-hydrogen) atoms. The number of rotatable bonds is 6. The summed E-state index contributed by atoms with van der Waals surface area (Å²) in [7, 11) is 0. The number of ether oxygens (including phenoxy) is 1. The van der Waals surface area contributed by atoms with Crippen molar-refractivity contribution in [2.75, 3.05) is 48.3 Å². The summed E-state index contributed by atoms with van der Waals surface area (Å²) in [5.41, 5.74) is 3.18. The molecule has 5 heterocycles. The molecule has 13 heteroatoms. The van der Waals surface area contributed by atoms with Gasteiger partial charge in [-0.05, 0) is 31.1 Å². The molecule has 4 aromatic rings. The molecule has 6 rings (SSSR count). The van der Waals surface area contributed by atoms with Crippen LogP contribution in [0.25, 0.3) is 5.65 Å². The third kappa shape index (κ3) is 5.12. The lowest BCUT2D eigenvalue weighted by molar-refractivity contribution is -0.117. The predicted molar refractivity (Wildman–Crippen MR) is 142 cm³/mol. The Morgan fingerprint density at radius 2 is 1.95 bits per heavy atom. The van der Waals surface area contributed by atoms with Gasteiger partial charge in [-0.3, -0.25) is 19.8 Å². The van der Waals surface area contributed by atoms with Crippen LogP contribution in [0.1, 0.15) is 35.7 Å². The van der Waals surface area contributed by atoms with Crippen molar-refractivity contribution >= 4 is 34.8 Å². The van der Waals surface area contributed by atoms with E-state index < -0.39 is 0 Å². The van der Waals surface area contributed by atoms with Gasteiger partial charge in [0.05, 0.1) is 24.1 Å². The molecule has 1 saturated heterocycles. The van der Waals surface area contributed by atoms with Crippen molar-refractivity contribution in [1.82, 2.24) is 29.6 Å². The van der Waals surface area contributed by atoms with Gasteiger partial charge in [0, 0.05) is 63.5 Å². The summed E-state index contributed by atoms with van der Waals surface area (Å²) in [5, 5.41) is 13.7. The van der Waals surface area contributed by atoms with E-state index in [4.69, 9.17) is 9.26 Å². The summed E-state index contributed by atoms with van der Waals surface area (Å²) in [6, 6.07) is 5.77. The first-order valence-corrected chi connectivity index (χ1v) is 12.8. The minimum atomic E-state index is -0.322. The maximum Gasteiger partial charge on any atom is 0.270 e. The molecule has 2 amide bonds. The lowest BCUT2D eigenvalue weighted by atomic mass is 10.0. The van der Waals surface area contributed by atoms with E-state index >= 15 is 0 Å². The molecule has 0 saturated carbocycles. The number of nitrogens with one attached hydrogen (secondary N) is 2. The van der Waals surface area contributed by atoms with E-state index in [1.165, 1.54) is 6.20 Å². The molecule has 0 radical (unpaired) electrons. The summed E-state index contributed by atoms with van der Waals surface area (Å²) in [4.78, 5) is 38.4. The van der Waals surface area contributed by atoms with E-state index in [0.717, 1.165) is 23.4 Å². The number of carbonyl (C=O) groups is 2. The highest BCUT2D eigenvalue weighted by Gasteiger charge is 2.33. The smallest absolute Gasteiger partial charge is 0.270 e. The van der Waals surface area contributed by atoms with Crippen LogP contribution >= 0.6 is 0 Å². The van der Waals surface area contributed by atoms with Gasteiger partial charge in [0.25, 0.3) is 11.9 Å². The normalized spacial score (nSPS) is 16.6. The zero-order chi connectivity index (χ0) is 27.1. The van der Waals surface area contributed by atoms with Crippen LogP contribution in [0.4, 0.5) is 17.3 Å². The molecule has 2 N–H and O–H groups in total. The van der Waals surface area contributed by atoms with Crippen molar-refractivity contribution in [2.45, 2.75) is 32.8 Å². The van der Waals surface area contributed by atoms with Crippen molar-refractivity contribution in [3.8, 4) is 5.75 Å². The molecule has 0 bridgehead atoms. The molecule has 13 nitrogen and oxygen atoms in total. The zero-order valence-electron chi connectivity index (χ0n) is 22.0. The van der Waals surface area contributed by atoms with Gasteiger partial charge in [-0.2, -0.15) is 10.1 Å². The molecule has 0 aliphatic carbocycles. The van der Waals surface area contributed by atoms with Crippen LogP contribution in [0.5, 0.6) is 5.75 Å². The maximum atomic E-state index is 13.4. The second-order valence-electron chi connectivity index (χ2n) is 10.4. The van der Waals surface area contributed by atoms with E-state index in [0.29, 0.717) is 49.0 Å². The minimum absolute atomic E-state index is 0.166. The van der Waals surface area contributed by atoms with Crippen LogP contribution in [-0.2, 0) is 11.2 Å². The van der Waals surface area contributed by atoms with Crippen LogP contribution in [0.15, 0.2) is 41.3 Å². The standard InChI is InChI=1S/C26H29N9O4/c1-16-29-25(32-39-16)31-22(36)15-33-7-9-34(10-8-33)20-12-21-17(13-26(2,3)38-21)11-19(20)30-24(37)18-14-28-35-6-4-5-27-23(18)35/h4-6,11-12,14H,7-10,13,15H2,1-3H3,(H,30,37)(H,31,32,36). The SMILES string of the molecule is Cc1nc(NC(=O)CN2CCN(c3cc4c(cc3NC(=O)c3cnn5cccnc35)CC(C)(C)O4)CC2)no1. The Kier molecular flexibility index (Phi) is 6.14. The van der Waals surface area contributed by atoms with Gasteiger partial charge in [-0.1, -0.05) is 0 Å². The van der Waals surface area contributed by atoms with Crippen LogP contribution in [0.3, 0.4) is 0 Å². The maximum absolute atomic E-state index is 13.4. The second kappa shape index (κ2) is 9.66. The molecule has 0 spiro atoms. The van der Waals surface area contributed by atoms with E-state index in [1.54, 1.807) is 29.9 Å².